The molecule has 4 N–H and O–H groups in total. The van der Waals surface area contributed by atoms with Crippen LogP contribution in [-0.4, -0.2) is 48.2 Å². The maximum Gasteiger partial charge on any atom is 0.273 e. The predicted octanol–water partition coefficient (Wildman–Crippen LogP) is 3.50. The molecule has 1 saturated carbocycles. The fourth-order valence-electron chi connectivity index (χ4n) is 4.84. The first-order valence-corrected chi connectivity index (χ1v) is 12.7. The summed E-state index contributed by atoms with van der Waals surface area (Å²) < 4.78 is 6.21. The Balaban J connectivity index is 1.96. The van der Waals surface area contributed by atoms with E-state index in [4.69, 9.17) is 4.74 Å². The van der Waals surface area contributed by atoms with Crippen molar-refractivity contribution in [1.82, 2.24) is 16.1 Å². The predicted molar refractivity (Wildman–Crippen MR) is 138 cm³/mol. The summed E-state index contributed by atoms with van der Waals surface area (Å²) in [5.41, 5.74) is 1.98. The van der Waals surface area contributed by atoms with Gasteiger partial charge < -0.3 is 15.4 Å². The van der Waals surface area contributed by atoms with Crippen LogP contribution in [0.2, 0.25) is 0 Å². The van der Waals surface area contributed by atoms with E-state index in [9.17, 15) is 19.6 Å². The van der Waals surface area contributed by atoms with Crippen molar-refractivity contribution in [2.75, 3.05) is 7.05 Å². The Hall–Kier alpha value is -2.97. The Kier molecular flexibility index (Phi) is 9.45. The highest BCUT2D eigenvalue weighted by Crippen LogP contribution is 2.27. The lowest BCUT2D eigenvalue weighted by atomic mass is 9.84. The van der Waals surface area contributed by atoms with Crippen molar-refractivity contribution in [3.05, 3.63) is 48.0 Å². The van der Waals surface area contributed by atoms with Crippen LogP contribution in [0.15, 0.2) is 42.5 Å². The molecule has 3 rings (SSSR count). The number of likely N-dealkylation sites (N-methyl/N-ethyl adjacent to an activating group) is 1. The Labute approximate surface area is 213 Å². The minimum atomic E-state index is -1.21. The summed E-state index contributed by atoms with van der Waals surface area (Å²) in [5.74, 6) is -2.53. The van der Waals surface area contributed by atoms with Crippen LogP contribution in [0.5, 0.6) is 0 Å². The lowest BCUT2D eigenvalue weighted by molar-refractivity contribution is -0.157. The molecule has 0 saturated heterocycles. The van der Waals surface area contributed by atoms with Crippen LogP contribution in [0.1, 0.15) is 58.4 Å². The highest BCUT2D eigenvalue weighted by molar-refractivity contribution is 5.93. The molecule has 0 radical (unpaired) electrons. The van der Waals surface area contributed by atoms with Gasteiger partial charge in [-0.25, -0.2) is 5.48 Å². The number of carbonyl (C=O) groups excluding carboxylic acids is 3. The van der Waals surface area contributed by atoms with E-state index in [2.05, 4.69) is 10.6 Å². The monoisotopic (exact) mass is 497 g/mol. The number of nitrogens with one attached hydrogen (secondary N) is 3. The van der Waals surface area contributed by atoms with Crippen molar-refractivity contribution >= 4 is 28.5 Å². The van der Waals surface area contributed by atoms with Crippen LogP contribution < -0.4 is 16.1 Å². The van der Waals surface area contributed by atoms with Gasteiger partial charge in [-0.05, 0) is 41.0 Å². The van der Waals surface area contributed by atoms with E-state index in [1.54, 1.807) is 5.48 Å². The van der Waals surface area contributed by atoms with E-state index < -0.39 is 35.3 Å². The van der Waals surface area contributed by atoms with Gasteiger partial charge in [-0.2, -0.15) is 0 Å². The number of hydrogen-bond acceptors (Lipinski definition) is 5. The van der Waals surface area contributed by atoms with Crippen molar-refractivity contribution in [3.8, 4) is 0 Å². The molecule has 2 aromatic carbocycles. The maximum absolute atomic E-state index is 13.8. The first-order chi connectivity index (χ1) is 17.1. The van der Waals surface area contributed by atoms with E-state index in [0.717, 1.165) is 48.4 Å². The number of rotatable bonds is 9. The smallest absolute Gasteiger partial charge is 0.273 e. The number of hydrogen-bond donors (Lipinski definition) is 4. The van der Waals surface area contributed by atoms with E-state index in [-0.39, 0.29) is 18.4 Å². The van der Waals surface area contributed by atoms with Gasteiger partial charge in [-0.1, -0.05) is 82.5 Å². The van der Waals surface area contributed by atoms with Gasteiger partial charge in [0.15, 0.2) is 6.10 Å². The molecule has 8 nitrogen and oxygen atoms in total. The molecule has 196 valence electrons. The molecular formula is C28H39N3O5. The van der Waals surface area contributed by atoms with Crippen molar-refractivity contribution in [2.24, 2.45) is 11.3 Å². The summed E-state index contributed by atoms with van der Waals surface area (Å²) in [6, 6.07) is 13.0. The number of hydroxylamine groups is 1. The lowest BCUT2D eigenvalue weighted by Crippen LogP contribution is -2.57. The Bertz CT molecular complexity index is 1060. The van der Waals surface area contributed by atoms with Crippen LogP contribution >= 0.6 is 0 Å². The highest BCUT2D eigenvalue weighted by atomic mass is 16.5. The Morgan fingerprint density at radius 2 is 1.64 bits per heavy atom. The zero-order valence-corrected chi connectivity index (χ0v) is 21.7. The topological polar surface area (TPSA) is 117 Å². The van der Waals surface area contributed by atoms with Gasteiger partial charge in [-0.3, -0.25) is 19.6 Å². The molecule has 2 aromatic rings. The van der Waals surface area contributed by atoms with Crippen LogP contribution in [0.4, 0.5) is 0 Å². The average molecular weight is 498 g/mol. The second-order valence-electron chi connectivity index (χ2n) is 10.7. The van der Waals surface area contributed by atoms with Gasteiger partial charge in [0.1, 0.15) is 6.04 Å². The molecule has 0 unspecified atom stereocenters. The zero-order valence-electron chi connectivity index (χ0n) is 21.7. The summed E-state index contributed by atoms with van der Waals surface area (Å²) in [4.78, 5) is 39.2. The number of ether oxygens (including phenoxy) is 1. The molecular weight excluding hydrogens is 458 g/mol. The first-order valence-electron chi connectivity index (χ1n) is 12.7. The average Bonchev–Trinajstić information content (AvgIpc) is 2.88. The third kappa shape index (κ3) is 7.04. The molecule has 0 aliphatic heterocycles. The minimum Gasteiger partial charge on any atom is -0.364 e. The minimum absolute atomic E-state index is 0.176. The molecule has 1 fully saturated rings. The van der Waals surface area contributed by atoms with Crippen molar-refractivity contribution < 1.29 is 24.3 Å². The third-order valence-corrected chi connectivity index (χ3v) is 6.89. The maximum atomic E-state index is 13.8. The van der Waals surface area contributed by atoms with Gasteiger partial charge in [0.05, 0.1) is 12.0 Å². The van der Waals surface area contributed by atoms with Crippen molar-refractivity contribution in [1.29, 1.82) is 0 Å². The summed E-state index contributed by atoms with van der Waals surface area (Å²) in [7, 11) is 1.52. The molecule has 1 aliphatic carbocycles. The second kappa shape index (κ2) is 12.3. The third-order valence-electron chi connectivity index (χ3n) is 6.89. The summed E-state index contributed by atoms with van der Waals surface area (Å²) >= 11 is 0. The highest BCUT2D eigenvalue weighted by Gasteiger charge is 2.40. The molecule has 3 amide bonds. The van der Waals surface area contributed by atoms with E-state index in [1.807, 2.05) is 63.2 Å². The largest absolute Gasteiger partial charge is 0.364 e. The number of amides is 3. The number of carbonyl (C=O) groups is 3. The van der Waals surface area contributed by atoms with Crippen LogP contribution in [-0.2, 0) is 25.5 Å². The first kappa shape index (κ1) is 27.6. The molecule has 8 heteroatoms. The molecule has 1 aliphatic rings. The Morgan fingerprint density at radius 3 is 2.25 bits per heavy atom. The summed E-state index contributed by atoms with van der Waals surface area (Å²) in [6.07, 6.45) is 3.49. The van der Waals surface area contributed by atoms with Crippen LogP contribution in [0.3, 0.4) is 0 Å². The number of fused-ring (bicyclic) bond motifs is 1. The van der Waals surface area contributed by atoms with Crippen molar-refractivity contribution in [3.63, 3.8) is 0 Å². The number of benzene rings is 2. The van der Waals surface area contributed by atoms with E-state index in [1.165, 1.54) is 7.05 Å². The molecule has 0 aromatic heterocycles. The van der Waals surface area contributed by atoms with E-state index >= 15 is 0 Å². The second-order valence-corrected chi connectivity index (χ2v) is 10.7. The van der Waals surface area contributed by atoms with Crippen molar-refractivity contribution in [2.45, 2.75) is 77.5 Å². The van der Waals surface area contributed by atoms with Gasteiger partial charge in [-0.15, -0.1) is 0 Å². The fraction of sp³-hybridized carbons (Fsp3) is 0.536. The Morgan fingerprint density at radius 1 is 0.972 bits per heavy atom. The summed E-state index contributed by atoms with van der Waals surface area (Å²) in [5, 5.41) is 17.1. The molecule has 0 spiro atoms. The molecule has 3 atom stereocenters. The quantitative estimate of drug-likeness (QED) is 0.313. The van der Waals surface area contributed by atoms with E-state index in [0.29, 0.717) is 0 Å². The molecule has 0 bridgehead atoms. The normalized spacial score (nSPS) is 17.1. The van der Waals surface area contributed by atoms with Crippen LogP contribution in [0.25, 0.3) is 10.8 Å². The fourth-order valence-corrected chi connectivity index (χ4v) is 4.84. The van der Waals surface area contributed by atoms with Gasteiger partial charge >= 0.3 is 0 Å². The summed E-state index contributed by atoms with van der Waals surface area (Å²) in [6.45, 7) is 5.59. The van der Waals surface area contributed by atoms with Gasteiger partial charge in [0, 0.05) is 7.05 Å². The zero-order chi connectivity index (χ0) is 26.3. The lowest BCUT2D eigenvalue weighted by Gasteiger charge is -2.34. The van der Waals surface area contributed by atoms with Gasteiger partial charge in [0.2, 0.25) is 11.8 Å². The SMILES string of the molecule is CNC(=O)[C@@H](NC(=O)[C@H](Cc1ccc2ccccc2c1)[C@H](OC1CCCCC1)C(=O)NO)C(C)(C)C. The standard InChI is InChI=1S/C28H39N3O5/c1-28(2,3)24(27(34)29-4)30-25(32)22(17-18-14-15-19-10-8-9-11-20(19)16-18)23(26(33)31-35)36-21-12-6-5-7-13-21/h8-11,14-16,21-24,35H,5-7,12-13,17H2,1-4H3,(H,29,34)(H,30,32)(H,31,33)/t22-,23+,24-/m1/s1. The molecule has 36 heavy (non-hydrogen) atoms. The molecule has 0 heterocycles. The van der Waals surface area contributed by atoms with Gasteiger partial charge in [0.25, 0.3) is 5.91 Å². The van der Waals surface area contributed by atoms with Crippen LogP contribution in [0, 0.1) is 11.3 Å².